The molecule has 0 unspecified atom stereocenters. The molecule has 39 heavy (non-hydrogen) atoms. The summed E-state index contributed by atoms with van der Waals surface area (Å²) in [5.74, 6) is -1.97. The summed E-state index contributed by atoms with van der Waals surface area (Å²) in [5, 5.41) is 22.0. The second-order valence-corrected chi connectivity index (χ2v) is 8.15. The van der Waals surface area contributed by atoms with E-state index in [-0.39, 0.29) is 52.0 Å². The first kappa shape index (κ1) is 37.2. The maximum atomic E-state index is 12.9. The van der Waals surface area contributed by atoms with Crippen LogP contribution in [-0.4, -0.2) is 17.7 Å². The van der Waals surface area contributed by atoms with E-state index in [1.807, 2.05) is 22.6 Å². The molecule has 3 N–H and O–H groups in total. The standard InChI is InChI=1S/C9H7FN2O.C8H7FINO.C8H8FNO.CN.Cu/c1-6(13)12-8-3-2-7(5-11)9(10)4-8;1-5(12)11-6-2-3-8(10)7(9)4-6;1-6(11)10-8-4-2-3-7(9)5-8;1-2;/h2-4H,1H3,(H,12,13);2-4H,1H3,(H,11,12);2-5H,1H3,(H,10,11);;/q;;;-1;+1. The fourth-order valence-corrected chi connectivity index (χ4v) is 2.77. The van der Waals surface area contributed by atoms with Crippen LogP contribution in [0.25, 0.3) is 0 Å². The summed E-state index contributed by atoms with van der Waals surface area (Å²) >= 11 is 1.89. The Bertz CT molecular complexity index is 1330. The predicted octanol–water partition coefficient (Wildman–Crippen LogP) is 5.92. The summed E-state index contributed by atoms with van der Waals surface area (Å²) in [7, 11) is 0. The van der Waals surface area contributed by atoms with Crippen LogP contribution in [0.2, 0.25) is 0 Å². The first-order valence-electron chi connectivity index (χ1n) is 10.4. The van der Waals surface area contributed by atoms with Crippen molar-refractivity contribution in [2.75, 3.05) is 16.0 Å². The van der Waals surface area contributed by atoms with Gasteiger partial charge in [0.2, 0.25) is 17.7 Å². The number of halogens is 4. The van der Waals surface area contributed by atoms with E-state index < -0.39 is 5.82 Å². The fraction of sp³-hybridized carbons (Fsp3) is 0.115. The van der Waals surface area contributed by atoms with Gasteiger partial charge in [-0.2, -0.15) is 5.26 Å². The Balaban J connectivity index is 0. The van der Waals surface area contributed by atoms with Crippen LogP contribution in [0.1, 0.15) is 26.3 Å². The molecule has 0 atom stereocenters. The molecule has 0 fully saturated rings. The number of anilines is 3. The van der Waals surface area contributed by atoms with Crippen molar-refractivity contribution in [1.29, 1.82) is 10.5 Å². The summed E-state index contributed by atoms with van der Waals surface area (Å²) in [4.78, 5) is 31.6. The quantitative estimate of drug-likeness (QED) is 0.177. The second-order valence-electron chi connectivity index (χ2n) is 6.99. The number of carbonyl (C=O) groups excluding carboxylic acids is 3. The molecule has 3 amide bonds. The summed E-state index contributed by atoms with van der Waals surface area (Å²) in [6.07, 6.45) is 0. The van der Waals surface area contributed by atoms with Crippen LogP contribution in [-0.2, 0) is 31.5 Å². The van der Waals surface area contributed by atoms with Crippen molar-refractivity contribution in [1.82, 2.24) is 0 Å². The monoisotopic (exact) mass is 699 g/mol. The van der Waals surface area contributed by atoms with Crippen molar-refractivity contribution < 1.29 is 44.6 Å². The number of nitriles is 1. The van der Waals surface area contributed by atoms with Gasteiger partial charge in [0, 0.05) is 41.4 Å². The first-order chi connectivity index (χ1) is 17.9. The van der Waals surface area contributed by atoms with Gasteiger partial charge in [0.1, 0.15) is 23.5 Å². The van der Waals surface area contributed by atoms with Crippen LogP contribution in [0, 0.1) is 44.2 Å². The fourth-order valence-electron chi connectivity index (χ4n) is 2.43. The molecule has 0 heterocycles. The molecule has 8 nitrogen and oxygen atoms in total. The Kier molecular flexibility index (Phi) is 19.2. The molecular weight excluding hydrogens is 678 g/mol. The molecule has 0 spiro atoms. The predicted molar refractivity (Wildman–Crippen MR) is 145 cm³/mol. The Morgan fingerprint density at radius 1 is 0.744 bits per heavy atom. The van der Waals surface area contributed by atoms with Gasteiger partial charge >= 0.3 is 17.1 Å². The van der Waals surface area contributed by atoms with Crippen molar-refractivity contribution >= 4 is 57.4 Å². The van der Waals surface area contributed by atoms with Gasteiger partial charge in [-0.15, -0.1) is 0 Å². The van der Waals surface area contributed by atoms with Crippen LogP contribution in [0.5, 0.6) is 0 Å². The minimum atomic E-state index is -0.631. The average molecular weight is 700 g/mol. The zero-order valence-electron chi connectivity index (χ0n) is 20.7. The van der Waals surface area contributed by atoms with Crippen LogP contribution < -0.4 is 16.0 Å². The molecule has 3 aromatic carbocycles. The smallest absolute Gasteiger partial charge is 0.512 e. The van der Waals surface area contributed by atoms with Gasteiger partial charge in [0.25, 0.3) is 0 Å². The molecule has 0 bridgehead atoms. The summed E-state index contributed by atoms with van der Waals surface area (Å²) in [6.45, 7) is 8.84. The number of rotatable bonds is 3. The van der Waals surface area contributed by atoms with E-state index in [1.165, 1.54) is 51.1 Å². The minimum Gasteiger partial charge on any atom is -0.512 e. The van der Waals surface area contributed by atoms with Crippen molar-refractivity contribution in [2.45, 2.75) is 20.8 Å². The Labute approximate surface area is 248 Å². The Morgan fingerprint density at radius 2 is 1.18 bits per heavy atom. The van der Waals surface area contributed by atoms with Crippen molar-refractivity contribution in [3.8, 4) is 6.07 Å². The minimum absolute atomic E-state index is 0. The molecule has 0 aliphatic heterocycles. The molecule has 0 aliphatic carbocycles. The van der Waals surface area contributed by atoms with E-state index >= 15 is 0 Å². The van der Waals surface area contributed by atoms with Gasteiger partial charge in [-0.05, 0) is 77.2 Å². The molecule has 0 aromatic heterocycles. The number of nitrogens with one attached hydrogen (secondary N) is 3. The van der Waals surface area contributed by atoms with E-state index in [0.717, 1.165) is 6.07 Å². The van der Waals surface area contributed by atoms with E-state index in [9.17, 15) is 27.6 Å². The number of amides is 3. The second kappa shape index (κ2) is 20.1. The van der Waals surface area contributed by atoms with E-state index in [2.05, 4.69) is 16.0 Å². The van der Waals surface area contributed by atoms with E-state index in [1.54, 1.807) is 30.3 Å². The number of hydrogen-bond acceptors (Lipinski definition) is 5. The molecule has 3 aromatic rings. The van der Waals surface area contributed by atoms with Gasteiger partial charge in [-0.25, -0.2) is 13.2 Å². The molecule has 13 heteroatoms. The first-order valence-corrected chi connectivity index (χ1v) is 11.4. The summed E-state index contributed by atoms with van der Waals surface area (Å²) in [6, 6.07) is 15.9. The SMILES string of the molecule is CC(=O)Nc1ccc(C#N)c(F)c1.CC(=O)Nc1ccc(I)c(F)c1.CC(=O)Nc1cccc(F)c1.[C-]#N.[Cu+]. The summed E-state index contributed by atoms with van der Waals surface area (Å²) < 4.78 is 38.8. The van der Waals surface area contributed by atoms with E-state index in [0.29, 0.717) is 20.6 Å². The van der Waals surface area contributed by atoms with Gasteiger partial charge in [-0.3, -0.25) is 14.4 Å². The van der Waals surface area contributed by atoms with Crippen LogP contribution >= 0.6 is 22.6 Å². The average Bonchev–Trinajstić information content (AvgIpc) is 2.83. The van der Waals surface area contributed by atoms with Gasteiger partial charge in [0.05, 0.1) is 5.56 Å². The molecule has 0 saturated carbocycles. The third-order valence-corrected chi connectivity index (χ3v) is 4.67. The van der Waals surface area contributed by atoms with Crippen LogP contribution in [0.4, 0.5) is 30.2 Å². The van der Waals surface area contributed by atoms with Crippen molar-refractivity contribution in [3.05, 3.63) is 93.8 Å². The van der Waals surface area contributed by atoms with Gasteiger partial charge in [-0.1, -0.05) is 6.07 Å². The number of nitrogens with zero attached hydrogens (tertiary/aromatic N) is 2. The van der Waals surface area contributed by atoms with Crippen LogP contribution in [0.3, 0.4) is 0 Å². The van der Waals surface area contributed by atoms with Gasteiger partial charge in [0.15, 0.2) is 0 Å². The zero-order valence-corrected chi connectivity index (χ0v) is 23.8. The molecule has 0 aliphatic rings. The third-order valence-electron chi connectivity index (χ3n) is 3.79. The molecule has 3 rings (SSSR count). The molecule has 208 valence electrons. The number of benzene rings is 3. The molecule has 0 radical (unpaired) electrons. The van der Waals surface area contributed by atoms with Gasteiger partial charge < -0.3 is 27.8 Å². The number of hydrogen-bond donors (Lipinski definition) is 3. The van der Waals surface area contributed by atoms with Crippen LogP contribution in [0.15, 0.2) is 60.7 Å². The maximum Gasteiger partial charge on any atom is 1.00 e. The Morgan fingerprint density at radius 3 is 1.56 bits per heavy atom. The van der Waals surface area contributed by atoms with Crippen molar-refractivity contribution in [3.63, 3.8) is 0 Å². The summed E-state index contributed by atoms with van der Waals surface area (Å²) in [5.41, 5.74) is 1.29. The topological polar surface area (TPSA) is 135 Å². The normalized spacial score (nSPS) is 8.62. The third kappa shape index (κ3) is 16.5. The molecule has 0 saturated heterocycles. The van der Waals surface area contributed by atoms with E-state index in [4.69, 9.17) is 17.1 Å². The zero-order chi connectivity index (χ0) is 29.3. The number of carbonyl (C=O) groups is 3. The maximum absolute atomic E-state index is 12.9. The largest absolute Gasteiger partial charge is 1.00 e. The van der Waals surface area contributed by atoms with Crippen molar-refractivity contribution in [2.24, 2.45) is 0 Å². The molecular formula is C26H22CuF3IN5O3. The Hall–Kier alpha value is -3.91.